The van der Waals surface area contributed by atoms with Crippen LogP contribution >= 0.6 is 22.9 Å². The highest BCUT2D eigenvalue weighted by atomic mass is 35.5. The molecule has 0 saturated heterocycles. The first-order chi connectivity index (χ1) is 14.6. The Balaban J connectivity index is 1.65. The van der Waals surface area contributed by atoms with Crippen LogP contribution in [0.4, 0.5) is 0 Å². The summed E-state index contributed by atoms with van der Waals surface area (Å²) in [6.45, 7) is 0. The average molecular weight is 436 g/mol. The number of nitrogens with zero attached hydrogens (tertiary/aromatic N) is 1. The van der Waals surface area contributed by atoms with E-state index in [4.69, 9.17) is 26.4 Å². The van der Waals surface area contributed by atoms with Gasteiger partial charge in [-0.1, -0.05) is 35.9 Å². The van der Waals surface area contributed by atoms with E-state index in [0.29, 0.717) is 22.9 Å². The van der Waals surface area contributed by atoms with Crippen molar-refractivity contribution in [2.45, 2.75) is 12.8 Å². The Morgan fingerprint density at radius 1 is 1.00 bits per heavy atom. The lowest BCUT2D eigenvalue weighted by Crippen LogP contribution is -1.95. The number of halogens is 1. The summed E-state index contributed by atoms with van der Waals surface area (Å²) in [5.74, 6) is 0.549. The standard InChI is InChI=1S/C24H18ClNO3S/c25-18-9-11-19(12-10-18)29-20-5-3-4-16(15-20)14-17(8-13-23(27)28)24-26-21-6-1-2-7-22(21)30-24/h1-7,9-12,14-15H,8,13H2,(H,27,28). The van der Waals surface area contributed by atoms with Crippen LogP contribution in [0.3, 0.4) is 0 Å². The number of hydrogen-bond donors (Lipinski definition) is 1. The SMILES string of the molecule is O=C(O)CCC(=Cc1cccc(Oc2ccc(Cl)cc2)c1)c1nc2ccccc2s1. The fourth-order valence-corrected chi connectivity index (χ4v) is 4.13. The Bertz CT molecular complexity index is 1180. The topological polar surface area (TPSA) is 59.4 Å². The van der Waals surface area contributed by atoms with Crippen molar-refractivity contribution in [3.8, 4) is 11.5 Å². The Kier molecular flexibility index (Phi) is 6.12. The maximum Gasteiger partial charge on any atom is 0.303 e. The molecule has 4 nitrogen and oxygen atoms in total. The summed E-state index contributed by atoms with van der Waals surface area (Å²) in [5.41, 5.74) is 2.72. The summed E-state index contributed by atoms with van der Waals surface area (Å²) in [6.07, 6.45) is 2.43. The van der Waals surface area contributed by atoms with Gasteiger partial charge in [-0.15, -0.1) is 11.3 Å². The van der Waals surface area contributed by atoms with Crippen molar-refractivity contribution in [1.82, 2.24) is 4.98 Å². The van der Waals surface area contributed by atoms with E-state index in [-0.39, 0.29) is 6.42 Å². The van der Waals surface area contributed by atoms with Gasteiger partial charge >= 0.3 is 5.97 Å². The molecule has 3 aromatic carbocycles. The van der Waals surface area contributed by atoms with Gasteiger partial charge in [-0.25, -0.2) is 4.98 Å². The van der Waals surface area contributed by atoms with Crippen molar-refractivity contribution in [2.24, 2.45) is 0 Å². The molecule has 6 heteroatoms. The Morgan fingerprint density at radius 3 is 2.57 bits per heavy atom. The number of thiazole rings is 1. The van der Waals surface area contributed by atoms with Gasteiger partial charge in [0.05, 0.1) is 10.2 Å². The van der Waals surface area contributed by atoms with Crippen molar-refractivity contribution in [1.29, 1.82) is 0 Å². The summed E-state index contributed by atoms with van der Waals surface area (Å²) in [7, 11) is 0. The number of para-hydroxylation sites is 1. The molecule has 0 bridgehead atoms. The molecule has 1 heterocycles. The fraction of sp³-hybridized carbons (Fsp3) is 0.0833. The maximum absolute atomic E-state index is 11.2. The van der Waals surface area contributed by atoms with Gasteiger partial charge in [0.25, 0.3) is 0 Å². The van der Waals surface area contributed by atoms with Crippen molar-refractivity contribution >= 4 is 50.8 Å². The summed E-state index contributed by atoms with van der Waals surface area (Å²) < 4.78 is 6.99. The predicted molar refractivity (Wildman–Crippen MR) is 122 cm³/mol. The summed E-state index contributed by atoms with van der Waals surface area (Å²) in [5, 5.41) is 10.7. The molecule has 0 amide bonds. The number of carbonyl (C=O) groups is 1. The van der Waals surface area contributed by atoms with Crippen LogP contribution in [0.5, 0.6) is 11.5 Å². The van der Waals surface area contributed by atoms with Gasteiger partial charge in [0.1, 0.15) is 16.5 Å². The van der Waals surface area contributed by atoms with Gasteiger partial charge in [0.2, 0.25) is 0 Å². The lowest BCUT2D eigenvalue weighted by molar-refractivity contribution is -0.136. The second-order valence-electron chi connectivity index (χ2n) is 6.68. The van der Waals surface area contributed by atoms with Crippen LogP contribution < -0.4 is 4.74 Å². The van der Waals surface area contributed by atoms with Gasteiger partial charge in [-0.2, -0.15) is 0 Å². The molecule has 0 atom stereocenters. The number of carboxylic acid groups (broad SMARTS) is 1. The minimum absolute atomic E-state index is 0.0444. The number of allylic oxidation sites excluding steroid dienone is 1. The molecule has 150 valence electrons. The quantitative estimate of drug-likeness (QED) is 0.335. The normalized spacial score (nSPS) is 11.6. The van der Waals surface area contributed by atoms with Crippen molar-refractivity contribution in [2.75, 3.05) is 0 Å². The Labute approximate surface area is 183 Å². The van der Waals surface area contributed by atoms with Crippen LogP contribution in [-0.4, -0.2) is 16.1 Å². The first-order valence-corrected chi connectivity index (χ1v) is 10.6. The third-order valence-electron chi connectivity index (χ3n) is 4.43. The second-order valence-corrected chi connectivity index (χ2v) is 8.15. The molecular formula is C24H18ClNO3S. The molecule has 0 spiro atoms. The fourth-order valence-electron chi connectivity index (χ4n) is 3.00. The molecular weight excluding hydrogens is 418 g/mol. The molecule has 4 rings (SSSR count). The molecule has 0 aliphatic rings. The number of benzene rings is 3. The molecule has 30 heavy (non-hydrogen) atoms. The van der Waals surface area contributed by atoms with E-state index in [2.05, 4.69) is 0 Å². The van der Waals surface area contributed by atoms with E-state index in [1.54, 1.807) is 23.5 Å². The molecule has 0 aliphatic carbocycles. The summed E-state index contributed by atoms with van der Waals surface area (Å²) in [6, 6.07) is 22.7. The number of hydrogen-bond acceptors (Lipinski definition) is 4. The molecule has 0 radical (unpaired) electrons. The monoisotopic (exact) mass is 435 g/mol. The van der Waals surface area contributed by atoms with Crippen LogP contribution in [0.1, 0.15) is 23.4 Å². The van der Waals surface area contributed by atoms with E-state index in [0.717, 1.165) is 26.4 Å². The minimum Gasteiger partial charge on any atom is -0.481 e. The van der Waals surface area contributed by atoms with Gasteiger partial charge in [0.15, 0.2) is 0 Å². The lowest BCUT2D eigenvalue weighted by Gasteiger charge is -2.08. The van der Waals surface area contributed by atoms with Crippen LogP contribution in [-0.2, 0) is 4.79 Å². The van der Waals surface area contributed by atoms with Crippen LogP contribution in [0, 0.1) is 0 Å². The first kappa shape index (κ1) is 20.1. The number of ether oxygens (including phenoxy) is 1. The molecule has 4 aromatic rings. The highest BCUT2D eigenvalue weighted by Gasteiger charge is 2.11. The largest absolute Gasteiger partial charge is 0.481 e. The third-order valence-corrected chi connectivity index (χ3v) is 5.79. The van der Waals surface area contributed by atoms with E-state index in [1.807, 2.05) is 66.7 Å². The Morgan fingerprint density at radius 2 is 1.80 bits per heavy atom. The minimum atomic E-state index is -0.832. The highest BCUT2D eigenvalue weighted by Crippen LogP contribution is 2.32. The molecule has 1 aromatic heterocycles. The van der Waals surface area contributed by atoms with Gasteiger partial charge in [-0.05, 0) is 72.2 Å². The zero-order chi connectivity index (χ0) is 20.9. The van der Waals surface area contributed by atoms with E-state index in [9.17, 15) is 4.79 Å². The van der Waals surface area contributed by atoms with Gasteiger partial charge in [-0.3, -0.25) is 4.79 Å². The Hall–Kier alpha value is -3.15. The van der Waals surface area contributed by atoms with Crippen LogP contribution in [0.25, 0.3) is 21.9 Å². The zero-order valence-corrected chi connectivity index (χ0v) is 17.5. The van der Waals surface area contributed by atoms with Crippen molar-refractivity contribution < 1.29 is 14.6 Å². The number of aliphatic carboxylic acids is 1. The molecule has 0 unspecified atom stereocenters. The van der Waals surface area contributed by atoms with E-state index in [1.165, 1.54) is 0 Å². The molecule has 0 saturated carbocycles. The molecule has 0 fully saturated rings. The number of fused-ring (bicyclic) bond motifs is 1. The van der Waals surface area contributed by atoms with Gasteiger partial charge in [0, 0.05) is 11.4 Å². The summed E-state index contributed by atoms with van der Waals surface area (Å²) in [4.78, 5) is 15.9. The smallest absolute Gasteiger partial charge is 0.303 e. The number of rotatable bonds is 7. The highest BCUT2D eigenvalue weighted by molar-refractivity contribution is 7.19. The summed E-state index contributed by atoms with van der Waals surface area (Å²) >= 11 is 7.49. The van der Waals surface area contributed by atoms with Crippen LogP contribution in [0.2, 0.25) is 5.02 Å². The molecule has 0 aliphatic heterocycles. The van der Waals surface area contributed by atoms with Crippen LogP contribution in [0.15, 0.2) is 72.8 Å². The maximum atomic E-state index is 11.2. The van der Waals surface area contributed by atoms with Crippen molar-refractivity contribution in [3.63, 3.8) is 0 Å². The number of carboxylic acids is 1. The second kappa shape index (κ2) is 9.11. The van der Waals surface area contributed by atoms with E-state index < -0.39 is 5.97 Å². The van der Waals surface area contributed by atoms with Gasteiger partial charge < -0.3 is 9.84 Å². The third kappa shape index (κ3) is 5.06. The molecule has 1 N–H and O–H groups in total. The number of aromatic nitrogens is 1. The first-order valence-electron chi connectivity index (χ1n) is 9.38. The zero-order valence-electron chi connectivity index (χ0n) is 15.9. The predicted octanol–water partition coefficient (Wildman–Crippen LogP) is 7.15. The lowest BCUT2D eigenvalue weighted by atomic mass is 10.1. The average Bonchev–Trinajstić information content (AvgIpc) is 3.17. The van der Waals surface area contributed by atoms with E-state index >= 15 is 0 Å². The van der Waals surface area contributed by atoms with Crippen molar-refractivity contribution in [3.05, 3.63) is 88.4 Å².